The number of esters is 1. The largest absolute Gasteiger partial charge is 0.466 e. The molecule has 0 aliphatic rings. The highest BCUT2D eigenvalue weighted by molar-refractivity contribution is 6.30. The van der Waals surface area contributed by atoms with E-state index < -0.39 is 16.8 Å². The first-order valence-corrected chi connectivity index (χ1v) is 5.93. The van der Waals surface area contributed by atoms with Gasteiger partial charge in [0, 0.05) is 9.95 Å². The van der Waals surface area contributed by atoms with Crippen molar-refractivity contribution >= 4 is 17.6 Å². The summed E-state index contributed by atoms with van der Waals surface area (Å²) < 4.78 is 4.81. The lowest BCUT2D eigenvalue weighted by atomic mass is 9.96. The van der Waals surface area contributed by atoms with Crippen LogP contribution in [0, 0.1) is 10.1 Å². The van der Waals surface area contributed by atoms with Gasteiger partial charge >= 0.3 is 5.97 Å². The number of ether oxygens (including phenoxy) is 1. The Balaban J connectivity index is 2.84. The molecule has 0 aliphatic carbocycles. The predicted octanol–water partition coefficient (Wildman–Crippen LogP) is 2.65. The van der Waals surface area contributed by atoms with E-state index in [1.165, 1.54) is 0 Å². The molecular weight excluding hydrogens is 258 g/mol. The number of nitro groups is 1. The fourth-order valence-electron chi connectivity index (χ4n) is 1.65. The molecule has 0 saturated heterocycles. The van der Waals surface area contributed by atoms with E-state index in [1.807, 2.05) is 0 Å². The van der Waals surface area contributed by atoms with Crippen molar-refractivity contribution < 1.29 is 14.5 Å². The predicted molar refractivity (Wildman–Crippen MR) is 67.3 cm³/mol. The van der Waals surface area contributed by atoms with Crippen LogP contribution in [0.15, 0.2) is 24.3 Å². The smallest absolute Gasteiger partial charge is 0.306 e. The fraction of sp³-hybridized carbons (Fsp3) is 0.417. The van der Waals surface area contributed by atoms with E-state index in [0.29, 0.717) is 10.6 Å². The first-order valence-electron chi connectivity index (χ1n) is 5.55. The normalized spacial score (nSPS) is 11.9. The third kappa shape index (κ3) is 4.71. The van der Waals surface area contributed by atoms with Crippen LogP contribution in [0.4, 0.5) is 0 Å². The van der Waals surface area contributed by atoms with Gasteiger partial charge in [0.25, 0.3) is 0 Å². The number of halogens is 1. The van der Waals surface area contributed by atoms with Crippen molar-refractivity contribution in [2.24, 2.45) is 0 Å². The quantitative estimate of drug-likeness (QED) is 0.453. The average molecular weight is 272 g/mol. The van der Waals surface area contributed by atoms with Crippen LogP contribution in [0.1, 0.15) is 24.8 Å². The highest BCUT2D eigenvalue weighted by Crippen LogP contribution is 2.23. The number of benzene rings is 1. The van der Waals surface area contributed by atoms with Gasteiger partial charge in [-0.1, -0.05) is 23.7 Å². The van der Waals surface area contributed by atoms with Gasteiger partial charge in [-0.2, -0.15) is 0 Å². The molecule has 0 radical (unpaired) electrons. The summed E-state index contributed by atoms with van der Waals surface area (Å²) in [5.74, 6) is -0.956. The second kappa shape index (κ2) is 6.96. The number of hydrogen-bond acceptors (Lipinski definition) is 4. The Hall–Kier alpha value is -1.62. The van der Waals surface area contributed by atoms with E-state index in [1.54, 1.807) is 31.2 Å². The zero-order valence-corrected chi connectivity index (χ0v) is 10.7. The zero-order chi connectivity index (χ0) is 13.5. The van der Waals surface area contributed by atoms with Gasteiger partial charge in [-0.15, -0.1) is 0 Å². The zero-order valence-electron chi connectivity index (χ0n) is 9.97. The Bertz CT molecular complexity index is 436. The second-order valence-corrected chi connectivity index (χ2v) is 4.21. The van der Waals surface area contributed by atoms with E-state index in [2.05, 4.69) is 0 Å². The highest BCUT2D eigenvalue weighted by Gasteiger charge is 2.22. The van der Waals surface area contributed by atoms with Crippen molar-refractivity contribution in [3.63, 3.8) is 0 Å². The van der Waals surface area contributed by atoms with Gasteiger partial charge in [0.2, 0.25) is 6.54 Å². The number of hydrogen-bond donors (Lipinski definition) is 0. The number of carbonyl (C=O) groups excluding carboxylic acids is 1. The van der Waals surface area contributed by atoms with Crippen LogP contribution in [-0.2, 0) is 9.53 Å². The lowest BCUT2D eigenvalue weighted by molar-refractivity contribution is -0.483. The van der Waals surface area contributed by atoms with Gasteiger partial charge < -0.3 is 4.74 Å². The van der Waals surface area contributed by atoms with Crippen LogP contribution in [0.2, 0.25) is 5.02 Å². The molecule has 98 valence electrons. The molecule has 6 heteroatoms. The van der Waals surface area contributed by atoms with Gasteiger partial charge in [-0.25, -0.2) is 0 Å². The molecule has 0 fully saturated rings. The van der Waals surface area contributed by atoms with Crippen LogP contribution in [0.3, 0.4) is 0 Å². The number of nitrogens with zero attached hydrogens (tertiary/aromatic N) is 1. The Labute approximate surface area is 110 Å². The molecule has 5 nitrogen and oxygen atoms in total. The third-order valence-corrected chi connectivity index (χ3v) is 2.64. The number of rotatable bonds is 6. The van der Waals surface area contributed by atoms with Crippen LogP contribution in [0.25, 0.3) is 0 Å². The molecule has 18 heavy (non-hydrogen) atoms. The summed E-state index contributed by atoms with van der Waals surface area (Å²) in [4.78, 5) is 21.6. The molecule has 0 saturated carbocycles. The van der Waals surface area contributed by atoms with Gasteiger partial charge in [0.1, 0.15) is 0 Å². The summed E-state index contributed by atoms with van der Waals surface area (Å²) in [7, 11) is 0. The highest BCUT2D eigenvalue weighted by atomic mass is 35.5. The maximum atomic E-state index is 11.4. The van der Waals surface area contributed by atoms with E-state index in [0.717, 1.165) is 0 Å². The summed E-state index contributed by atoms with van der Waals surface area (Å²) in [6, 6.07) is 6.74. The van der Waals surface area contributed by atoms with Crippen LogP contribution in [-0.4, -0.2) is 24.0 Å². The SMILES string of the molecule is CCOC(=O)CC(C[N+](=O)[O-])c1cccc(Cl)c1. The summed E-state index contributed by atoms with van der Waals surface area (Å²) in [6.07, 6.45) is -0.0187. The van der Waals surface area contributed by atoms with Crippen molar-refractivity contribution in [2.75, 3.05) is 13.2 Å². The minimum Gasteiger partial charge on any atom is -0.466 e. The Morgan fingerprint density at radius 3 is 2.83 bits per heavy atom. The minimum absolute atomic E-state index is 0.0187. The Kier molecular flexibility index (Phi) is 5.58. The summed E-state index contributed by atoms with van der Waals surface area (Å²) in [6.45, 7) is 1.64. The van der Waals surface area contributed by atoms with Crippen LogP contribution >= 0.6 is 11.6 Å². The molecule has 0 aliphatic heterocycles. The molecule has 0 N–H and O–H groups in total. The first kappa shape index (κ1) is 14.4. The monoisotopic (exact) mass is 271 g/mol. The van der Waals surface area contributed by atoms with Crippen LogP contribution in [0.5, 0.6) is 0 Å². The molecule has 0 spiro atoms. The number of carbonyl (C=O) groups is 1. The molecule has 1 aromatic carbocycles. The molecule has 1 aromatic rings. The molecular formula is C12H14ClNO4. The van der Waals surface area contributed by atoms with E-state index in [9.17, 15) is 14.9 Å². The molecule has 0 aromatic heterocycles. The van der Waals surface area contributed by atoms with E-state index in [-0.39, 0.29) is 19.6 Å². The average Bonchev–Trinajstić information content (AvgIpc) is 2.28. The van der Waals surface area contributed by atoms with E-state index >= 15 is 0 Å². The Morgan fingerprint density at radius 2 is 2.28 bits per heavy atom. The molecule has 1 rings (SSSR count). The lowest BCUT2D eigenvalue weighted by Gasteiger charge is -2.12. The van der Waals surface area contributed by atoms with Gasteiger partial charge in [-0.05, 0) is 24.6 Å². The summed E-state index contributed by atoms with van der Waals surface area (Å²) >= 11 is 5.84. The van der Waals surface area contributed by atoms with Crippen molar-refractivity contribution in [2.45, 2.75) is 19.3 Å². The lowest BCUT2D eigenvalue weighted by Crippen LogP contribution is -2.18. The minimum atomic E-state index is -0.516. The van der Waals surface area contributed by atoms with Gasteiger partial charge in [-0.3, -0.25) is 14.9 Å². The molecule has 0 bridgehead atoms. The van der Waals surface area contributed by atoms with E-state index in [4.69, 9.17) is 16.3 Å². The standard InChI is InChI=1S/C12H14ClNO4/c1-2-18-12(15)7-10(8-14(16)17)9-4-3-5-11(13)6-9/h3-6,10H,2,7-8H2,1H3. The fourth-order valence-corrected chi connectivity index (χ4v) is 1.85. The summed E-state index contributed by atoms with van der Waals surface area (Å²) in [5, 5.41) is 11.1. The second-order valence-electron chi connectivity index (χ2n) is 3.78. The Morgan fingerprint density at radius 1 is 1.56 bits per heavy atom. The molecule has 1 atom stereocenters. The molecule has 0 amide bonds. The topological polar surface area (TPSA) is 69.4 Å². The maximum Gasteiger partial charge on any atom is 0.306 e. The first-order chi connectivity index (χ1) is 8.52. The molecule has 0 heterocycles. The van der Waals surface area contributed by atoms with Crippen LogP contribution < -0.4 is 0 Å². The van der Waals surface area contributed by atoms with Crippen molar-refractivity contribution in [3.8, 4) is 0 Å². The molecule has 1 unspecified atom stereocenters. The van der Waals surface area contributed by atoms with Crippen molar-refractivity contribution in [3.05, 3.63) is 45.0 Å². The maximum absolute atomic E-state index is 11.4. The summed E-state index contributed by atoms with van der Waals surface area (Å²) in [5.41, 5.74) is 0.673. The van der Waals surface area contributed by atoms with Gasteiger partial charge in [0.05, 0.1) is 18.9 Å². The van der Waals surface area contributed by atoms with Gasteiger partial charge in [0.15, 0.2) is 0 Å². The third-order valence-electron chi connectivity index (χ3n) is 2.41. The van der Waals surface area contributed by atoms with Crippen molar-refractivity contribution in [1.82, 2.24) is 0 Å². The van der Waals surface area contributed by atoms with Crippen molar-refractivity contribution in [1.29, 1.82) is 0 Å².